The van der Waals surface area contributed by atoms with E-state index in [1.165, 1.54) is 0 Å². The SMILES string of the molecule is CC(C)(C)S(=O)(=O)CCN=C(N)Nc1ccc2c(c1)OCCCO2.I. The van der Waals surface area contributed by atoms with E-state index in [1.807, 2.05) is 6.07 Å². The van der Waals surface area contributed by atoms with Gasteiger partial charge in [0, 0.05) is 18.2 Å². The largest absolute Gasteiger partial charge is 0.490 e. The van der Waals surface area contributed by atoms with Crippen molar-refractivity contribution in [3.63, 3.8) is 0 Å². The Hall–Kier alpha value is -1.23. The molecule has 0 radical (unpaired) electrons. The number of rotatable bonds is 4. The Kier molecular flexibility index (Phi) is 7.79. The van der Waals surface area contributed by atoms with Gasteiger partial charge in [-0.2, -0.15) is 0 Å². The summed E-state index contributed by atoms with van der Waals surface area (Å²) < 4.78 is 34.4. The number of ether oxygens (including phenoxy) is 2. The molecule has 0 aliphatic carbocycles. The van der Waals surface area contributed by atoms with Crippen molar-refractivity contribution < 1.29 is 17.9 Å². The highest BCUT2D eigenvalue weighted by Gasteiger charge is 2.28. The van der Waals surface area contributed by atoms with Crippen LogP contribution < -0.4 is 20.5 Å². The summed E-state index contributed by atoms with van der Waals surface area (Å²) in [6, 6.07) is 5.40. The fourth-order valence-electron chi connectivity index (χ4n) is 2.02. The third-order valence-corrected chi connectivity index (χ3v) is 6.18. The average molecular weight is 483 g/mol. The zero-order chi connectivity index (χ0) is 17.8. The molecule has 1 aromatic carbocycles. The lowest BCUT2D eigenvalue weighted by atomic mass is 10.3. The summed E-state index contributed by atoms with van der Waals surface area (Å²) in [5.41, 5.74) is 6.53. The number of nitrogens with one attached hydrogen (secondary N) is 1. The Labute approximate surface area is 166 Å². The number of halogens is 1. The van der Waals surface area contributed by atoms with E-state index in [0.29, 0.717) is 30.4 Å². The van der Waals surface area contributed by atoms with Gasteiger partial charge in [0.15, 0.2) is 27.3 Å². The molecule has 142 valence electrons. The van der Waals surface area contributed by atoms with Crippen molar-refractivity contribution in [2.45, 2.75) is 31.9 Å². The van der Waals surface area contributed by atoms with E-state index in [9.17, 15) is 8.42 Å². The second kappa shape index (κ2) is 8.93. The lowest BCUT2D eigenvalue weighted by Gasteiger charge is -2.18. The number of nitrogens with two attached hydrogens (primary N) is 1. The maximum Gasteiger partial charge on any atom is 0.193 e. The fourth-order valence-corrected chi connectivity index (χ4v) is 2.96. The zero-order valence-corrected chi connectivity index (χ0v) is 17.9. The molecule has 0 atom stereocenters. The van der Waals surface area contributed by atoms with Crippen LogP contribution in [0.1, 0.15) is 27.2 Å². The summed E-state index contributed by atoms with van der Waals surface area (Å²) >= 11 is 0. The van der Waals surface area contributed by atoms with Crippen molar-refractivity contribution in [1.29, 1.82) is 0 Å². The molecule has 0 saturated heterocycles. The standard InChI is InChI=1S/C16H25N3O4S.HI/c1-16(2,3)24(20,21)10-7-18-15(17)19-12-5-6-13-14(11-12)23-9-4-8-22-13;/h5-6,11H,4,7-10H2,1-3H3,(H3,17,18,19);1H. The monoisotopic (exact) mass is 483 g/mol. The second-order valence-electron chi connectivity index (χ2n) is 6.54. The zero-order valence-electron chi connectivity index (χ0n) is 14.7. The van der Waals surface area contributed by atoms with Gasteiger partial charge >= 0.3 is 0 Å². The van der Waals surface area contributed by atoms with E-state index >= 15 is 0 Å². The molecule has 1 aliphatic heterocycles. The third kappa shape index (κ3) is 6.21. The van der Waals surface area contributed by atoms with Crippen LogP contribution in [0.3, 0.4) is 0 Å². The van der Waals surface area contributed by atoms with Crippen LogP contribution >= 0.6 is 24.0 Å². The minimum Gasteiger partial charge on any atom is -0.490 e. The molecule has 0 unspecified atom stereocenters. The quantitative estimate of drug-likeness (QED) is 0.388. The van der Waals surface area contributed by atoms with Crippen LogP contribution in [0.2, 0.25) is 0 Å². The van der Waals surface area contributed by atoms with Crippen molar-refractivity contribution in [2.24, 2.45) is 10.7 Å². The third-order valence-electron chi connectivity index (χ3n) is 3.60. The molecular weight excluding hydrogens is 457 g/mol. The van der Waals surface area contributed by atoms with Crippen molar-refractivity contribution >= 4 is 45.5 Å². The Morgan fingerprint density at radius 1 is 1.24 bits per heavy atom. The molecule has 0 aromatic heterocycles. The summed E-state index contributed by atoms with van der Waals surface area (Å²) in [6.07, 6.45) is 0.837. The normalized spacial score (nSPS) is 15.1. The molecule has 3 N–H and O–H groups in total. The van der Waals surface area contributed by atoms with Gasteiger partial charge in [0.2, 0.25) is 0 Å². The molecule has 1 aliphatic rings. The summed E-state index contributed by atoms with van der Waals surface area (Å²) in [6.45, 7) is 6.36. The second-order valence-corrected chi connectivity index (χ2v) is 9.40. The van der Waals surface area contributed by atoms with Crippen molar-refractivity contribution in [1.82, 2.24) is 0 Å². The van der Waals surface area contributed by atoms with E-state index in [0.717, 1.165) is 6.42 Å². The number of benzene rings is 1. The molecule has 1 heterocycles. The molecule has 9 heteroatoms. The molecule has 0 bridgehead atoms. The predicted octanol–water partition coefficient (Wildman–Crippen LogP) is 2.41. The van der Waals surface area contributed by atoms with Gasteiger partial charge in [0.05, 0.1) is 30.3 Å². The first kappa shape index (κ1) is 21.8. The van der Waals surface area contributed by atoms with Crippen LogP contribution in [0, 0.1) is 0 Å². The molecular formula is C16H26IN3O4S. The topological polar surface area (TPSA) is 103 Å². The minimum atomic E-state index is -3.21. The molecule has 7 nitrogen and oxygen atoms in total. The van der Waals surface area contributed by atoms with Crippen LogP contribution in [-0.2, 0) is 9.84 Å². The van der Waals surface area contributed by atoms with Crippen LogP contribution in [0.15, 0.2) is 23.2 Å². The smallest absolute Gasteiger partial charge is 0.193 e. The summed E-state index contributed by atoms with van der Waals surface area (Å²) in [5.74, 6) is 1.47. The molecule has 2 rings (SSSR count). The first-order chi connectivity index (χ1) is 11.2. The average Bonchev–Trinajstić information content (AvgIpc) is 2.70. The summed E-state index contributed by atoms with van der Waals surface area (Å²) in [7, 11) is -3.21. The van der Waals surface area contributed by atoms with Crippen LogP contribution in [0.4, 0.5) is 5.69 Å². The Bertz CT molecular complexity index is 715. The number of guanidine groups is 1. The fraction of sp³-hybridized carbons (Fsp3) is 0.562. The van der Waals surface area contributed by atoms with Gasteiger partial charge in [0.25, 0.3) is 0 Å². The maximum atomic E-state index is 12.0. The molecule has 0 spiro atoms. The number of nitrogens with zero attached hydrogens (tertiary/aromatic N) is 1. The summed E-state index contributed by atoms with van der Waals surface area (Å²) in [4.78, 5) is 4.08. The Morgan fingerprint density at radius 3 is 2.52 bits per heavy atom. The van der Waals surface area contributed by atoms with Crippen LogP contribution in [-0.4, -0.2) is 44.6 Å². The highest BCUT2D eigenvalue weighted by Crippen LogP contribution is 2.32. The van der Waals surface area contributed by atoms with Gasteiger partial charge in [0.1, 0.15) is 0 Å². The number of aliphatic imine (C=N–C) groups is 1. The lowest BCUT2D eigenvalue weighted by Crippen LogP contribution is -2.32. The molecule has 0 fully saturated rings. The first-order valence-corrected chi connectivity index (χ1v) is 9.53. The number of anilines is 1. The molecule has 0 amide bonds. The molecule has 0 saturated carbocycles. The van der Waals surface area contributed by atoms with Gasteiger partial charge in [-0.25, -0.2) is 8.42 Å². The van der Waals surface area contributed by atoms with E-state index in [1.54, 1.807) is 32.9 Å². The number of hydrogen-bond acceptors (Lipinski definition) is 5. The maximum absolute atomic E-state index is 12.0. The van der Waals surface area contributed by atoms with E-state index in [2.05, 4.69) is 10.3 Å². The van der Waals surface area contributed by atoms with Gasteiger partial charge in [-0.3, -0.25) is 4.99 Å². The predicted molar refractivity (Wildman–Crippen MR) is 111 cm³/mol. The number of fused-ring (bicyclic) bond motifs is 1. The van der Waals surface area contributed by atoms with Crippen LogP contribution in [0.5, 0.6) is 11.5 Å². The van der Waals surface area contributed by atoms with Gasteiger partial charge in [-0.05, 0) is 32.9 Å². The van der Waals surface area contributed by atoms with Gasteiger partial charge < -0.3 is 20.5 Å². The summed E-state index contributed by atoms with van der Waals surface area (Å²) in [5, 5.41) is 2.93. The van der Waals surface area contributed by atoms with Crippen LogP contribution in [0.25, 0.3) is 0 Å². The van der Waals surface area contributed by atoms with E-state index < -0.39 is 14.6 Å². The number of sulfone groups is 1. The van der Waals surface area contributed by atoms with Gasteiger partial charge in [-0.1, -0.05) is 0 Å². The van der Waals surface area contributed by atoms with Gasteiger partial charge in [-0.15, -0.1) is 24.0 Å². The highest BCUT2D eigenvalue weighted by molar-refractivity contribution is 14.0. The van der Waals surface area contributed by atoms with Crippen molar-refractivity contribution in [2.75, 3.05) is 30.8 Å². The molecule has 1 aromatic rings. The first-order valence-electron chi connectivity index (χ1n) is 7.88. The van der Waals surface area contributed by atoms with E-state index in [-0.39, 0.29) is 42.2 Å². The van der Waals surface area contributed by atoms with E-state index in [4.69, 9.17) is 15.2 Å². The molecule has 25 heavy (non-hydrogen) atoms. The lowest BCUT2D eigenvalue weighted by molar-refractivity contribution is 0.297. The Balaban J connectivity index is 0.00000312. The van der Waals surface area contributed by atoms with Crippen molar-refractivity contribution in [3.8, 4) is 11.5 Å². The Morgan fingerprint density at radius 2 is 1.88 bits per heavy atom. The van der Waals surface area contributed by atoms with Crippen molar-refractivity contribution in [3.05, 3.63) is 18.2 Å². The number of hydrogen-bond donors (Lipinski definition) is 2. The highest BCUT2D eigenvalue weighted by atomic mass is 127. The minimum absolute atomic E-state index is 0.